The molecule has 0 bridgehead atoms. The molecule has 1 aromatic heterocycles. The summed E-state index contributed by atoms with van der Waals surface area (Å²) in [5.74, 6) is -4.10. The molecule has 10 N–H and O–H groups in total. The Labute approximate surface area is 217 Å². The van der Waals surface area contributed by atoms with E-state index in [4.69, 9.17) is 11.5 Å². The summed E-state index contributed by atoms with van der Waals surface area (Å²) in [5.41, 5.74) is 12.2. The van der Waals surface area contributed by atoms with Crippen LogP contribution in [0.25, 0.3) is 10.9 Å². The zero-order chi connectivity index (χ0) is 27.5. The smallest absolute Gasteiger partial charge is 0.326 e. The molecule has 0 saturated carbocycles. The van der Waals surface area contributed by atoms with Gasteiger partial charge in [-0.15, -0.1) is 0 Å². The molecule has 0 radical (unpaired) electrons. The molecule has 0 aliphatic rings. The number of nitrogens with two attached hydrogens (primary N) is 2. The predicted octanol–water partition coefficient (Wildman–Crippen LogP) is -1.80. The van der Waals surface area contributed by atoms with Crippen LogP contribution in [0.5, 0.6) is 0 Å². The number of rotatable bonds is 15. The number of carboxylic acids is 1. The number of fused-ring (bicyclic) bond motifs is 1. The molecule has 0 aliphatic heterocycles. The molecule has 202 valence electrons. The number of hydrogen-bond donors (Lipinski definition) is 8. The van der Waals surface area contributed by atoms with E-state index in [1.54, 1.807) is 18.5 Å². The predicted molar refractivity (Wildman–Crippen MR) is 137 cm³/mol. The van der Waals surface area contributed by atoms with Crippen molar-refractivity contribution in [2.45, 2.75) is 43.4 Å². The third-order valence-electron chi connectivity index (χ3n) is 5.53. The Morgan fingerprint density at radius 3 is 2.24 bits per heavy atom. The number of para-hydroxylation sites is 1. The van der Waals surface area contributed by atoms with Crippen LogP contribution in [-0.4, -0.2) is 87.6 Å². The summed E-state index contributed by atoms with van der Waals surface area (Å²) in [7, 11) is 0. The molecule has 4 amide bonds. The van der Waals surface area contributed by atoms with E-state index in [-0.39, 0.29) is 12.8 Å². The first-order chi connectivity index (χ1) is 17.6. The molecule has 1 aromatic carbocycles. The highest BCUT2D eigenvalue weighted by Crippen LogP contribution is 2.19. The zero-order valence-corrected chi connectivity index (χ0v) is 21.0. The molecule has 4 unspecified atom stereocenters. The van der Waals surface area contributed by atoms with Crippen LogP contribution in [0.2, 0.25) is 0 Å². The molecule has 0 spiro atoms. The van der Waals surface area contributed by atoms with E-state index in [1.165, 1.54) is 11.8 Å². The van der Waals surface area contributed by atoms with Crippen LogP contribution in [0.3, 0.4) is 0 Å². The summed E-state index contributed by atoms with van der Waals surface area (Å²) in [4.78, 5) is 63.8. The molecule has 13 nitrogen and oxygen atoms in total. The highest BCUT2D eigenvalue weighted by atomic mass is 32.2. The number of aliphatic hydroxyl groups excluding tert-OH is 1. The molecule has 37 heavy (non-hydrogen) atoms. The highest BCUT2D eigenvalue weighted by Gasteiger charge is 2.30. The Morgan fingerprint density at radius 1 is 1.00 bits per heavy atom. The van der Waals surface area contributed by atoms with Gasteiger partial charge in [0.05, 0.1) is 19.1 Å². The normalized spacial score (nSPS) is 14.2. The number of benzene rings is 1. The van der Waals surface area contributed by atoms with Crippen LogP contribution in [0.15, 0.2) is 30.5 Å². The van der Waals surface area contributed by atoms with Gasteiger partial charge in [0.25, 0.3) is 0 Å². The Bertz CT molecular complexity index is 1120. The molecule has 0 fully saturated rings. The van der Waals surface area contributed by atoms with E-state index >= 15 is 0 Å². The maximum absolute atomic E-state index is 12.8. The van der Waals surface area contributed by atoms with Gasteiger partial charge in [-0.2, -0.15) is 11.8 Å². The third kappa shape index (κ3) is 8.77. The lowest BCUT2D eigenvalue weighted by molar-refractivity contribution is -0.142. The fourth-order valence-corrected chi connectivity index (χ4v) is 4.02. The average molecular weight is 537 g/mol. The Kier molecular flexibility index (Phi) is 11.4. The zero-order valence-electron chi connectivity index (χ0n) is 20.2. The number of carbonyl (C=O) groups is 5. The standard InChI is InChI=1S/C23H32N6O7S/c1-37-7-6-16(27-20(32)14(24)9-19(25)31)21(33)29-18(11-30)22(34)28-17(23(35)36)8-12-10-26-15-5-3-2-4-13(12)15/h2-5,10,14,16-18,26,30H,6-9,11,24H2,1H3,(H2,25,31)(H,27,32)(H,28,34)(H,29,33)(H,35,36). The fraction of sp³-hybridized carbons (Fsp3) is 0.435. The number of thioether (sulfide) groups is 1. The van der Waals surface area contributed by atoms with Gasteiger partial charge in [0.15, 0.2) is 0 Å². The molecule has 0 saturated heterocycles. The van der Waals surface area contributed by atoms with E-state index in [2.05, 4.69) is 20.9 Å². The van der Waals surface area contributed by atoms with Gasteiger partial charge in [-0.3, -0.25) is 19.2 Å². The maximum atomic E-state index is 12.8. The number of aromatic amines is 1. The first kappa shape index (κ1) is 29.6. The number of primary amides is 1. The van der Waals surface area contributed by atoms with Crippen molar-refractivity contribution in [1.29, 1.82) is 0 Å². The Balaban J connectivity index is 2.08. The van der Waals surface area contributed by atoms with Crippen molar-refractivity contribution in [3.8, 4) is 0 Å². The van der Waals surface area contributed by atoms with Gasteiger partial charge in [-0.25, -0.2) is 4.79 Å². The van der Waals surface area contributed by atoms with E-state index in [0.717, 1.165) is 10.9 Å². The van der Waals surface area contributed by atoms with Crippen LogP contribution in [0, 0.1) is 0 Å². The van der Waals surface area contributed by atoms with Crippen molar-refractivity contribution in [2.75, 3.05) is 18.6 Å². The summed E-state index contributed by atoms with van der Waals surface area (Å²) in [6, 6.07) is 2.07. The van der Waals surface area contributed by atoms with E-state index in [1.807, 2.05) is 18.2 Å². The number of aliphatic carboxylic acids is 1. The molecule has 14 heteroatoms. The number of carboxylic acid groups (broad SMARTS) is 1. The number of amides is 4. The fourth-order valence-electron chi connectivity index (χ4n) is 3.55. The Morgan fingerprint density at radius 2 is 1.62 bits per heavy atom. The number of aliphatic hydroxyl groups is 1. The van der Waals surface area contributed by atoms with Gasteiger partial charge >= 0.3 is 5.97 Å². The maximum Gasteiger partial charge on any atom is 0.326 e. The van der Waals surface area contributed by atoms with Crippen LogP contribution in [0.1, 0.15) is 18.4 Å². The van der Waals surface area contributed by atoms with Gasteiger partial charge in [-0.1, -0.05) is 18.2 Å². The van der Waals surface area contributed by atoms with Crippen molar-refractivity contribution in [2.24, 2.45) is 11.5 Å². The summed E-state index contributed by atoms with van der Waals surface area (Å²) in [6.07, 6.45) is 3.15. The van der Waals surface area contributed by atoms with Gasteiger partial charge in [0, 0.05) is 23.5 Å². The van der Waals surface area contributed by atoms with Crippen molar-refractivity contribution in [3.63, 3.8) is 0 Å². The first-order valence-electron chi connectivity index (χ1n) is 11.4. The summed E-state index contributed by atoms with van der Waals surface area (Å²) in [5, 5.41) is 27.3. The lowest BCUT2D eigenvalue weighted by Crippen LogP contribution is -2.58. The summed E-state index contributed by atoms with van der Waals surface area (Å²) >= 11 is 1.41. The number of hydrogen-bond acceptors (Lipinski definition) is 8. The molecule has 2 aromatic rings. The van der Waals surface area contributed by atoms with Gasteiger partial charge in [0.2, 0.25) is 23.6 Å². The minimum absolute atomic E-state index is 0.0403. The van der Waals surface area contributed by atoms with Crippen LogP contribution >= 0.6 is 11.8 Å². The van der Waals surface area contributed by atoms with E-state index < -0.39 is 66.8 Å². The van der Waals surface area contributed by atoms with Crippen LogP contribution in [0.4, 0.5) is 0 Å². The second kappa shape index (κ2) is 14.2. The minimum atomic E-state index is -1.48. The highest BCUT2D eigenvalue weighted by molar-refractivity contribution is 7.98. The SMILES string of the molecule is CSCCC(NC(=O)C(N)CC(N)=O)C(=O)NC(CO)C(=O)NC(Cc1c[nH]c2ccccc12)C(=O)O. The largest absolute Gasteiger partial charge is 0.480 e. The van der Waals surface area contributed by atoms with E-state index in [0.29, 0.717) is 11.3 Å². The van der Waals surface area contributed by atoms with Gasteiger partial charge in [0.1, 0.15) is 18.1 Å². The lowest BCUT2D eigenvalue weighted by Gasteiger charge is -2.24. The molecule has 2 rings (SSSR count). The first-order valence-corrected chi connectivity index (χ1v) is 12.8. The van der Waals surface area contributed by atoms with Crippen molar-refractivity contribution < 1.29 is 34.2 Å². The number of carbonyl (C=O) groups excluding carboxylic acids is 4. The second-order valence-corrected chi connectivity index (χ2v) is 9.31. The van der Waals surface area contributed by atoms with Crippen molar-refractivity contribution in [1.82, 2.24) is 20.9 Å². The second-order valence-electron chi connectivity index (χ2n) is 8.33. The van der Waals surface area contributed by atoms with Crippen molar-refractivity contribution >= 4 is 52.3 Å². The number of H-pyrrole nitrogens is 1. The number of aromatic nitrogens is 1. The molecular weight excluding hydrogens is 504 g/mol. The van der Waals surface area contributed by atoms with Gasteiger partial charge < -0.3 is 42.6 Å². The molecule has 0 aliphatic carbocycles. The molecule has 1 heterocycles. The number of nitrogens with one attached hydrogen (secondary N) is 4. The summed E-state index contributed by atoms with van der Waals surface area (Å²) in [6.45, 7) is -0.818. The monoisotopic (exact) mass is 536 g/mol. The topological polar surface area (TPSA) is 230 Å². The third-order valence-corrected chi connectivity index (χ3v) is 6.17. The van der Waals surface area contributed by atoms with E-state index in [9.17, 15) is 34.2 Å². The average Bonchev–Trinajstić information content (AvgIpc) is 3.26. The van der Waals surface area contributed by atoms with Crippen LogP contribution < -0.4 is 27.4 Å². The lowest BCUT2D eigenvalue weighted by atomic mass is 10.0. The van der Waals surface area contributed by atoms with Crippen LogP contribution in [-0.2, 0) is 30.4 Å². The Hall–Kier alpha value is -3.62. The van der Waals surface area contributed by atoms with Crippen molar-refractivity contribution in [3.05, 3.63) is 36.0 Å². The molecular formula is C23H32N6O7S. The van der Waals surface area contributed by atoms with Gasteiger partial charge in [-0.05, 0) is 30.1 Å². The summed E-state index contributed by atoms with van der Waals surface area (Å²) < 4.78 is 0. The molecule has 4 atom stereocenters. The minimum Gasteiger partial charge on any atom is -0.480 e. The quantitative estimate of drug-likeness (QED) is 0.128.